The summed E-state index contributed by atoms with van der Waals surface area (Å²) < 4.78 is 5.47. The molecule has 1 heterocycles. The molecule has 5 nitrogen and oxygen atoms in total. The van der Waals surface area contributed by atoms with E-state index >= 15 is 0 Å². The van der Waals surface area contributed by atoms with Gasteiger partial charge in [0.15, 0.2) is 0 Å². The highest BCUT2D eigenvalue weighted by Crippen LogP contribution is 2.35. The maximum absolute atomic E-state index is 12.2. The van der Waals surface area contributed by atoms with E-state index in [4.69, 9.17) is 15.7 Å². The first-order valence-corrected chi connectivity index (χ1v) is 9.43. The van der Waals surface area contributed by atoms with E-state index in [1.807, 2.05) is 43.9 Å². The van der Waals surface area contributed by atoms with Crippen molar-refractivity contribution in [3.63, 3.8) is 0 Å². The van der Waals surface area contributed by atoms with Gasteiger partial charge >= 0.3 is 6.09 Å². The Kier molecular flexibility index (Phi) is 6.66. The fourth-order valence-electron chi connectivity index (χ4n) is 3.76. The lowest BCUT2D eigenvalue weighted by Crippen LogP contribution is -2.43. The molecule has 0 radical (unpaired) electrons. The molecule has 1 aliphatic rings. The van der Waals surface area contributed by atoms with Crippen molar-refractivity contribution in [3.05, 3.63) is 35.4 Å². The fourth-order valence-corrected chi connectivity index (χ4v) is 3.76. The van der Waals surface area contributed by atoms with Crippen molar-refractivity contribution in [1.29, 1.82) is 5.26 Å². The lowest BCUT2D eigenvalue weighted by molar-refractivity contribution is 0.0157. The average Bonchev–Trinajstić information content (AvgIpc) is 2.61. The van der Waals surface area contributed by atoms with Gasteiger partial charge in [-0.2, -0.15) is 5.26 Å². The highest BCUT2D eigenvalue weighted by molar-refractivity contribution is 5.68. The number of nitriles is 1. The Hall–Kier alpha value is -2.06. The summed E-state index contributed by atoms with van der Waals surface area (Å²) in [5.74, 6) is 1.13. The number of likely N-dealkylation sites (tertiary alicyclic amines) is 1. The van der Waals surface area contributed by atoms with E-state index in [-0.39, 0.29) is 12.0 Å². The Morgan fingerprint density at radius 1 is 1.38 bits per heavy atom. The molecular weight excluding hydrogens is 326 g/mol. The zero-order chi connectivity index (χ0) is 19.3. The number of piperidine rings is 1. The van der Waals surface area contributed by atoms with Gasteiger partial charge in [0, 0.05) is 13.1 Å². The Labute approximate surface area is 157 Å². The van der Waals surface area contributed by atoms with Crippen LogP contribution in [0.3, 0.4) is 0 Å². The Morgan fingerprint density at radius 2 is 2.04 bits per heavy atom. The zero-order valence-corrected chi connectivity index (χ0v) is 16.4. The number of nitrogens with two attached hydrogens (primary N) is 1. The first-order valence-electron chi connectivity index (χ1n) is 9.43. The first-order chi connectivity index (χ1) is 12.2. The number of amides is 1. The van der Waals surface area contributed by atoms with Gasteiger partial charge in [0.25, 0.3) is 0 Å². The molecular formula is C21H31N3O2. The van der Waals surface area contributed by atoms with Crippen molar-refractivity contribution in [2.24, 2.45) is 17.6 Å². The van der Waals surface area contributed by atoms with E-state index in [0.717, 1.165) is 31.5 Å². The smallest absolute Gasteiger partial charge is 0.410 e. The van der Waals surface area contributed by atoms with E-state index in [1.165, 1.54) is 0 Å². The van der Waals surface area contributed by atoms with Gasteiger partial charge in [-0.25, -0.2) is 4.79 Å². The summed E-state index contributed by atoms with van der Waals surface area (Å²) >= 11 is 0. The molecule has 2 unspecified atom stereocenters. The molecule has 1 amide bonds. The summed E-state index contributed by atoms with van der Waals surface area (Å²) in [6.45, 7) is 9.91. The van der Waals surface area contributed by atoms with Gasteiger partial charge in [-0.1, -0.05) is 19.1 Å². The normalized spacial score (nSPS) is 18.1. The summed E-state index contributed by atoms with van der Waals surface area (Å²) in [7, 11) is 0. The monoisotopic (exact) mass is 357 g/mol. The van der Waals surface area contributed by atoms with Crippen LogP contribution in [-0.4, -0.2) is 36.2 Å². The van der Waals surface area contributed by atoms with Gasteiger partial charge in [-0.3, -0.25) is 0 Å². The van der Waals surface area contributed by atoms with Crippen molar-refractivity contribution < 1.29 is 9.53 Å². The van der Waals surface area contributed by atoms with Crippen molar-refractivity contribution in [2.45, 2.75) is 52.1 Å². The maximum Gasteiger partial charge on any atom is 0.410 e. The lowest BCUT2D eigenvalue weighted by atomic mass is 9.75. The van der Waals surface area contributed by atoms with Crippen LogP contribution in [0.25, 0.3) is 0 Å². The van der Waals surface area contributed by atoms with E-state index in [2.05, 4.69) is 19.1 Å². The highest BCUT2D eigenvalue weighted by atomic mass is 16.6. The van der Waals surface area contributed by atoms with Crippen molar-refractivity contribution >= 4 is 6.09 Å². The SMILES string of the molecule is CC(C1CCN(C(=O)OC(C)(C)C)CC1)C(CN)c1cccc(C#N)c1. The van der Waals surface area contributed by atoms with Gasteiger partial charge in [0.2, 0.25) is 0 Å². The second-order valence-corrected chi connectivity index (χ2v) is 8.24. The molecule has 0 bridgehead atoms. The highest BCUT2D eigenvalue weighted by Gasteiger charge is 2.32. The van der Waals surface area contributed by atoms with Crippen LogP contribution in [0.15, 0.2) is 24.3 Å². The molecule has 0 saturated carbocycles. The maximum atomic E-state index is 12.2. The predicted molar refractivity (Wildman–Crippen MR) is 103 cm³/mol. The Bertz CT molecular complexity index is 652. The van der Waals surface area contributed by atoms with Crippen LogP contribution in [-0.2, 0) is 4.74 Å². The van der Waals surface area contributed by atoms with E-state index in [9.17, 15) is 4.79 Å². The molecule has 0 aliphatic carbocycles. The molecule has 1 aromatic rings. The van der Waals surface area contributed by atoms with Gasteiger partial charge in [0.05, 0.1) is 11.6 Å². The van der Waals surface area contributed by atoms with Crippen LogP contribution in [0, 0.1) is 23.2 Å². The topological polar surface area (TPSA) is 79.3 Å². The minimum atomic E-state index is -0.461. The number of carbonyl (C=O) groups is 1. The molecule has 2 N–H and O–H groups in total. The van der Waals surface area contributed by atoms with E-state index in [0.29, 0.717) is 23.9 Å². The molecule has 1 aromatic carbocycles. The summed E-state index contributed by atoms with van der Waals surface area (Å²) in [4.78, 5) is 14.0. The second-order valence-electron chi connectivity index (χ2n) is 8.24. The third-order valence-electron chi connectivity index (χ3n) is 5.27. The molecule has 5 heteroatoms. The van der Waals surface area contributed by atoms with Gasteiger partial charge in [-0.05, 0) is 75.6 Å². The van der Waals surface area contributed by atoms with Crippen LogP contribution in [0.1, 0.15) is 57.6 Å². The number of rotatable bonds is 4. The molecule has 26 heavy (non-hydrogen) atoms. The number of ether oxygens (including phenoxy) is 1. The zero-order valence-electron chi connectivity index (χ0n) is 16.4. The molecule has 1 saturated heterocycles. The van der Waals surface area contributed by atoms with E-state index in [1.54, 1.807) is 0 Å². The minimum Gasteiger partial charge on any atom is -0.444 e. The van der Waals surface area contributed by atoms with Crippen LogP contribution in [0.4, 0.5) is 4.79 Å². The Balaban J connectivity index is 1.99. The molecule has 0 aromatic heterocycles. The summed E-state index contributed by atoms with van der Waals surface area (Å²) in [5, 5.41) is 9.14. The Morgan fingerprint density at radius 3 is 2.58 bits per heavy atom. The summed E-state index contributed by atoms with van der Waals surface area (Å²) in [6, 6.07) is 9.96. The minimum absolute atomic E-state index is 0.222. The van der Waals surface area contributed by atoms with Gasteiger partial charge in [-0.15, -0.1) is 0 Å². The molecule has 1 fully saturated rings. The van der Waals surface area contributed by atoms with Crippen LogP contribution in [0.2, 0.25) is 0 Å². The quantitative estimate of drug-likeness (QED) is 0.887. The number of hydrogen-bond acceptors (Lipinski definition) is 4. The largest absolute Gasteiger partial charge is 0.444 e. The van der Waals surface area contributed by atoms with Crippen LogP contribution >= 0.6 is 0 Å². The molecule has 2 atom stereocenters. The van der Waals surface area contributed by atoms with Gasteiger partial charge < -0.3 is 15.4 Å². The number of hydrogen-bond donors (Lipinski definition) is 1. The van der Waals surface area contributed by atoms with E-state index < -0.39 is 5.60 Å². The van der Waals surface area contributed by atoms with Gasteiger partial charge in [0.1, 0.15) is 5.60 Å². The third kappa shape index (κ3) is 5.22. The molecule has 2 rings (SSSR count). The third-order valence-corrected chi connectivity index (χ3v) is 5.27. The van der Waals surface area contributed by atoms with Crippen LogP contribution in [0.5, 0.6) is 0 Å². The number of nitrogens with zero attached hydrogens (tertiary/aromatic N) is 2. The van der Waals surface area contributed by atoms with Crippen molar-refractivity contribution in [3.8, 4) is 6.07 Å². The second kappa shape index (κ2) is 8.55. The number of benzene rings is 1. The van der Waals surface area contributed by atoms with Crippen molar-refractivity contribution in [1.82, 2.24) is 4.90 Å². The molecule has 0 spiro atoms. The predicted octanol–water partition coefficient (Wildman–Crippen LogP) is 3.88. The fraction of sp³-hybridized carbons (Fsp3) is 0.619. The van der Waals surface area contributed by atoms with Crippen molar-refractivity contribution in [2.75, 3.05) is 19.6 Å². The molecule has 142 valence electrons. The number of carbonyl (C=O) groups excluding carboxylic acids is 1. The van der Waals surface area contributed by atoms with Crippen LogP contribution < -0.4 is 5.73 Å². The summed E-state index contributed by atoms with van der Waals surface area (Å²) in [5.41, 5.74) is 7.43. The standard InChI is InChI=1S/C21H31N3O2/c1-15(19(14-23)18-7-5-6-16(12-18)13-22)17-8-10-24(11-9-17)20(25)26-21(2,3)4/h5-7,12,15,17,19H,8-11,14,23H2,1-4H3. The summed E-state index contributed by atoms with van der Waals surface area (Å²) in [6.07, 6.45) is 1.68. The first kappa shape index (κ1) is 20.3. The average molecular weight is 357 g/mol. The molecule has 1 aliphatic heterocycles. The lowest BCUT2D eigenvalue weighted by Gasteiger charge is -2.38.